The van der Waals surface area contributed by atoms with Crippen LogP contribution in [0.25, 0.3) is 0 Å². The van der Waals surface area contributed by atoms with Crippen LogP contribution in [0.2, 0.25) is 0 Å². The number of benzene rings is 1. The van der Waals surface area contributed by atoms with Crippen molar-refractivity contribution in [2.45, 2.75) is 25.1 Å². The second-order valence-electron chi connectivity index (χ2n) is 4.48. The summed E-state index contributed by atoms with van der Waals surface area (Å²) in [5, 5.41) is 2.81. The predicted octanol–water partition coefficient (Wildman–Crippen LogP) is 4.41. The first-order chi connectivity index (χ1) is 11.4. The first-order valence-electron chi connectivity index (χ1n) is 6.50. The molecule has 1 aromatic rings. The fourth-order valence-electron chi connectivity index (χ4n) is 1.57. The second kappa shape index (κ2) is 7.83. The van der Waals surface area contributed by atoms with Crippen molar-refractivity contribution in [3.8, 4) is 11.5 Å². The number of nitrogens with zero attached hydrogens (tertiary/aromatic N) is 1. The maximum atomic E-state index is 13.1. The van der Waals surface area contributed by atoms with Crippen molar-refractivity contribution < 1.29 is 40.2 Å². The molecule has 0 aromatic heterocycles. The Morgan fingerprint density at radius 1 is 1.16 bits per heavy atom. The van der Waals surface area contributed by atoms with Gasteiger partial charge in [-0.25, -0.2) is 5.43 Å². The number of alkyl halides is 7. The Bertz CT molecular complexity index is 636. The van der Waals surface area contributed by atoms with E-state index >= 15 is 0 Å². The molecule has 0 aliphatic heterocycles. The van der Waals surface area contributed by atoms with Gasteiger partial charge in [-0.1, -0.05) is 0 Å². The summed E-state index contributed by atoms with van der Waals surface area (Å²) < 4.78 is 98.7. The van der Waals surface area contributed by atoms with Crippen LogP contribution in [0, 0.1) is 3.57 Å². The average molecular weight is 488 g/mol. The zero-order valence-corrected chi connectivity index (χ0v) is 14.9. The predicted molar refractivity (Wildman–Crippen MR) is 83.6 cm³/mol. The molecule has 0 unspecified atom stereocenters. The molecule has 0 heterocycles. The van der Waals surface area contributed by atoms with E-state index in [9.17, 15) is 30.7 Å². The summed E-state index contributed by atoms with van der Waals surface area (Å²) >= 11 is 1.86. The van der Waals surface area contributed by atoms with Crippen molar-refractivity contribution in [1.82, 2.24) is 5.43 Å². The number of hydrogen-bond acceptors (Lipinski definition) is 4. The smallest absolute Gasteiger partial charge is 0.462 e. The molecule has 0 bridgehead atoms. The number of hydrogen-bond donors (Lipinski definition) is 1. The van der Waals surface area contributed by atoms with E-state index in [4.69, 9.17) is 9.47 Å². The Hall–Kier alpha value is -1.47. The quantitative estimate of drug-likeness (QED) is 0.203. The lowest BCUT2D eigenvalue weighted by Crippen LogP contribution is -2.58. The summed E-state index contributed by atoms with van der Waals surface area (Å²) in [7, 11) is 1.31. The molecule has 0 aliphatic carbocycles. The second-order valence-corrected chi connectivity index (χ2v) is 5.72. The lowest BCUT2D eigenvalue weighted by atomic mass is 10.2. The molecule has 0 amide bonds. The average Bonchev–Trinajstić information content (AvgIpc) is 2.48. The molecule has 0 radical (unpaired) electrons. The SMILES string of the molecule is CCOc1c(/C=N\NC(F)(F)C(F)(F)C(F)(F)F)cc(I)cc1OC. The standard InChI is InChI=1S/C13H12F7IN2O2/c1-3-25-10-7(4-8(21)5-9(10)24-2)6-22-23-13(19,20)11(14,15)12(16,17)18/h4-6,23H,3H2,1-2H3/b22-6-. The van der Waals surface area contributed by atoms with Crippen molar-refractivity contribution in [3.63, 3.8) is 0 Å². The minimum atomic E-state index is -6.44. The zero-order chi connectivity index (χ0) is 19.5. The Morgan fingerprint density at radius 2 is 1.76 bits per heavy atom. The number of methoxy groups -OCH3 is 1. The summed E-state index contributed by atoms with van der Waals surface area (Å²) in [4.78, 5) is 0. The van der Waals surface area contributed by atoms with E-state index < -0.39 is 18.1 Å². The highest BCUT2D eigenvalue weighted by atomic mass is 127. The van der Waals surface area contributed by atoms with Crippen LogP contribution in [0.1, 0.15) is 12.5 Å². The van der Waals surface area contributed by atoms with Crippen molar-refractivity contribution in [2.75, 3.05) is 13.7 Å². The van der Waals surface area contributed by atoms with E-state index in [0.717, 1.165) is 0 Å². The van der Waals surface area contributed by atoms with Gasteiger partial charge in [-0.05, 0) is 41.6 Å². The third-order valence-corrected chi connectivity index (χ3v) is 3.34. The fraction of sp³-hybridized carbons (Fsp3) is 0.462. The molecule has 0 fully saturated rings. The normalized spacial score (nSPS) is 13.2. The molecule has 1 aromatic carbocycles. The highest BCUT2D eigenvalue weighted by Gasteiger charge is 2.73. The van der Waals surface area contributed by atoms with E-state index in [-0.39, 0.29) is 23.7 Å². The summed E-state index contributed by atoms with van der Waals surface area (Å²) in [6.07, 6.45) is -5.81. The van der Waals surface area contributed by atoms with Crippen LogP contribution in [0.4, 0.5) is 30.7 Å². The molecule has 0 spiro atoms. The Morgan fingerprint density at radius 3 is 2.24 bits per heavy atom. The highest BCUT2D eigenvalue weighted by molar-refractivity contribution is 14.1. The molecule has 0 aliphatic rings. The number of nitrogens with one attached hydrogen (secondary N) is 1. The van der Waals surface area contributed by atoms with Gasteiger partial charge in [0.25, 0.3) is 0 Å². The molecule has 0 atom stereocenters. The van der Waals surface area contributed by atoms with Crippen molar-refractivity contribution in [1.29, 1.82) is 0 Å². The monoisotopic (exact) mass is 488 g/mol. The van der Waals surface area contributed by atoms with Gasteiger partial charge < -0.3 is 9.47 Å². The molecule has 0 saturated carbocycles. The number of hydrazone groups is 1. The van der Waals surface area contributed by atoms with Gasteiger partial charge in [0.1, 0.15) is 0 Å². The maximum absolute atomic E-state index is 13.1. The van der Waals surface area contributed by atoms with Gasteiger partial charge in [-0.15, -0.1) is 0 Å². The van der Waals surface area contributed by atoms with Crippen molar-refractivity contribution >= 4 is 28.8 Å². The van der Waals surface area contributed by atoms with Crippen LogP contribution in [0.5, 0.6) is 11.5 Å². The topological polar surface area (TPSA) is 42.8 Å². The molecule has 4 nitrogen and oxygen atoms in total. The van der Waals surface area contributed by atoms with Crippen molar-refractivity contribution in [3.05, 3.63) is 21.3 Å². The lowest BCUT2D eigenvalue weighted by Gasteiger charge is -2.27. The van der Waals surface area contributed by atoms with E-state index in [1.165, 1.54) is 13.2 Å². The first kappa shape index (κ1) is 21.6. The van der Waals surface area contributed by atoms with Gasteiger partial charge in [0.15, 0.2) is 11.5 Å². The summed E-state index contributed by atoms with van der Waals surface area (Å²) in [6.45, 7) is 1.78. The highest BCUT2D eigenvalue weighted by Crippen LogP contribution is 2.45. The fourth-order valence-corrected chi connectivity index (χ4v) is 2.18. The summed E-state index contributed by atoms with van der Waals surface area (Å²) in [6, 6.07) is -2.71. The molecule has 1 rings (SSSR count). The maximum Gasteiger partial charge on any atom is 0.462 e. The lowest BCUT2D eigenvalue weighted by molar-refractivity contribution is -0.361. The van der Waals surface area contributed by atoms with Gasteiger partial charge in [0, 0.05) is 9.13 Å². The third kappa shape index (κ3) is 4.79. The summed E-state index contributed by atoms with van der Waals surface area (Å²) in [5.41, 5.74) is 0.593. The summed E-state index contributed by atoms with van der Waals surface area (Å²) in [5.74, 6) is -6.02. The van der Waals surface area contributed by atoms with Crippen LogP contribution in [-0.2, 0) is 0 Å². The number of rotatable bonds is 7. The van der Waals surface area contributed by atoms with Gasteiger partial charge in [0.2, 0.25) is 0 Å². The minimum absolute atomic E-state index is 0.0456. The van der Waals surface area contributed by atoms with E-state index in [1.807, 2.05) is 22.6 Å². The zero-order valence-electron chi connectivity index (χ0n) is 12.7. The Kier molecular flexibility index (Phi) is 6.75. The van der Waals surface area contributed by atoms with Crippen LogP contribution in [0.3, 0.4) is 0 Å². The molecule has 25 heavy (non-hydrogen) atoms. The van der Waals surface area contributed by atoms with E-state index in [2.05, 4.69) is 5.10 Å². The Labute approximate surface area is 151 Å². The molecular formula is C13H12F7IN2O2. The molecule has 142 valence electrons. The minimum Gasteiger partial charge on any atom is -0.493 e. The molecular weight excluding hydrogens is 476 g/mol. The van der Waals surface area contributed by atoms with Gasteiger partial charge in [-0.3, -0.25) is 0 Å². The third-order valence-electron chi connectivity index (χ3n) is 2.72. The van der Waals surface area contributed by atoms with E-state index in [0.29, 0.717) is 15.2 Å². The van der Waals surface area contributed by atoms with Crippen LogP contribution < -0.4 is 14.9 Å². The van der Waals surface area contributed by atoms with Crippen LogP contribution in [-0.4, -0.2) is 38.1 Å². The molecule has 0 saturated heterocycles. The Balaban J connectivity index is 3.12. The van der Waals surface area contributed by atoms with Gasteiger partial charge >= 0.3 is 18.1 Å². The van der Waals surface area contributed by atoms with E-state index in [1.54, 1.807) is 13.0 Å². The molecule has 1 N–H and O–H groups in total. The number of ether oxygens (including phenoxy) is 2. The van der Waals surface area contributed by atoms with Crippen LogP contribution >= 0.6 is 22.6 Å². The molecule has 12 heteroatoms. The first-order valence-corrected chi connectivity index (χ1v) is 7.58. The van der Waals surface area contributed by atoms with Gasteiger partial charge in [0.05, 0.1) is 19.9 Å². The largest absolute Gasteiger partial charge is 0.493 e. The number of halogens is 8. The van der Waals surface area contributed by atoms with Gasteiger partial charge in [-0.2, -0.15) is 35.8 Å². The van der Waals surface area contributed by atoms with Crippen molar-refractivity contribution in [2.24, 2.45) is 5.10 Å². The van der Waals surface area contributed by atoms with Crippen LogP contribution in [0.15, 0.2) is 17.2 Å².